The lowest BCUT2D eigenvalue weighted by Gasteiger charge is -2.32. The molecule has 0 spiro atoms. The summed E-state index contributed by atoms with van der Waals surface area (Å²) in [6.45, 7) is -2.71. The molecule has 14 heteroatoms. The summed E-state index contributed by atoms with van der Waals surface area (Å²) in [5, 5.41) is 2.00. The van der Waals surface area contributed by atoms with Gasteiger partial charge >= 0.3 is 30.4 Å². The molecular weight excluding hydrogens is 483 g/mol. The van der Waals surface area contributed by atoms with Crippen LogP contribution in [0.25, 0.3) is 0 Å². The van der Waals surface area contributed by atoms with Crippen LogP contribution in [0.15, 0.2) is 48.5 Å². The molecule has 2 aromatic carbocycles. The van der Waals surface area contributed by atoms with Crippen LogP contribution in [0.1, 0.15) is 15.9 Å². The topological polar surface area (TPSA) is 38.3 Å². The monoisotopic (exact) mass is 495 g/mol. The normalized spacial score (nSPS) is 13.2. The molecule has 0 radical (unpaired) electrons. The predicted molar refractivity (Wildman–Crippen MR) is 92.2 cm³/mol. The minimum atomic E-state index is -6.62. The summed E-state index contributed by atoms with van der Waals surface area (Å²) in [6.07, 6.45) is -10.2. The van der Waals surface area contributed by atoms with Crippen molar-refractivity contribution in [2.75, 3.05) is 11.9 Å². The lowest BCUT2D eigenvalue weighted by atomic mass is 10.1. The number of carbonyl (C=O) groups is 1. The molecule has 0 aliphatic carbocycles. The fraction of sp³-hybridized carbons (Fsp3) is 0.316. The highest BCUT2D eigenvalue weighted by Crippen LogP contribution is 2.49. The van der Waals surface area contributed by atoms with Crippen molar-refractivity contribution >= 4 is 11.6 Å². The van der Waals surface area contributed by atoms with Crippen LogP contribution < -0.4 is 10.1 Å². The molecule has 2 aromatic rings. The minimum Gasteiger partial charge on any atom is -0.485 e. The first-order chi connectivity index (χ1) is 15.0. The highest BCUT2D eigenvalue weighted by Gasteiger charge is 2.75. The summed E-state index contributed by atoms with van der Waals surface area (Å²) < 4.78 is 148. The molecule has 0 fully saturated rings. The summed E-state index contributed by atoms with van der Waals surface area (Å²) in [4.78, 5) is 12.2. The maximum atomic E-state index is 13.7. The van der Waals surface area contributed by atoms with Crippen LogP contribution in [0.5, 0.6) is 5.75 Å². The van der Waals surface area contributed by atoms with Gasteiger partial charge in [0, 0.05) is 5.56 Å². The smallest absolute Gasteiger partial charge is 0.416 e. The van der Waals surface area contributed by atoms with Crippen molar-refractivity contribution in [3.8, 4) is 5.75 Å². The molecular formula is C19H12F11NO2. The third-order valence-electron chi connectivity index (χ3n) is 4.15. The maximum Gasteiger partial charge on any atom is 0.416 e. The second-order valence-electron chi connectivity index (χ2n) is 6.52. The zero-order valence-corrected chi connectivity index (χ0v) is 15.9. The van der Waals surface area contributed by atoms with Crippen molar-refractivity contribution in [1.29, 1.82) is 0 Å². The van der Waals surface area contributed by atoms with E-state index in [1.54, 1.807) is 0 Å². The number of ether oxygens (including phenoxy) is 1. The standard InChI is InChI=1S/C19H12F11NO2/c20-15(21)17(24,25)19(29,30)16(22,23)9-33-13-8-11(18(26,27)28)6-7-12(13)31-14(32)10-4-2-1-3-5-10/h1-8,15H,9H2,(H,31,32). The quantitative estimate of drug-likeness (QED) is 0.425. The molecule has 1 N–H and O–H groups in total. The number of alkyl halides is 11. The largest absolute Gasteiger partial charge is 0.485 e. The van der Waals surface area contributed by atoms with Gasteiger partial charge in [-0.15, -0.1) is 0 Å². The van der Waals surface area contributed by atoms with E-state index in [1.165, 1.54) is 30.3 Å². The molecule has 1 amide bonds. The maximum absolute atomic E-state index is 13.7. The van der Waals surface area contributed by atoms with Gasteiger partial charge in [-0.3, -0.25) is 4.79 Å². The zero-order valence-electron chi connectivity index (χ0n) is 15.9. The first-order valence-corrected chi connectivity index (χ1v) is 8.63. The molecule has 2 rings (SSSR count). The van der Waals surface area contributed by atoms with Crippen molar-refractivity contribution < 1.29 is 57.8 Å². The van der Waals surface area contributed by atoms with Crippen LogP contribution in [0.3, 0.4) is 0 Å². The summed E-state index contributed by atoms with van der Waals surface area (Å²) in [5.74, 6) is -21.3. The van der Waals surface area contributed by atoms with E-state index in [0.29, 0.717) is 12.1 Å². The molecule has 0 heterocycles. The van der Waals surface area contributed by atoms with Crippen LogP contribution in [-0.4, -0.2) is 36.7 Å². The van der Waals surface area contributed by atoms with E-state index in [2.05, 4.69) is 4.74 Å². The van der Waals surface area contributed by atoms with E-state index in [1.807, 2.05) is 5.32 Å². The Morgan fingerprint density at radius 2 is 1.45 bits per heavy atom. The van der Waals surface area contributed by atoms with Crippen LogP contribution >= 0.6 is 0 Å². The van der Waals surface area contributed by atoms with Gasteiger partial charge in [0.15, 0.2) is 6.61 Å². The fourth-order valence-corrected chi connectivity index (χ4v) is 2.35. The Morgan fingerprint density at radius 3 is 1.97 bits per heavy atom. The number of rotatable bonds is 8. The number of amides is 1. The number of benzene rings is 2. The van der Waals surface area contributed by atoms with E-state index in [0.717, 1.165) is 0 Å². The Bertz CT molecular complexity index is 975. The molecule has 33 heavy (non-hydrogen) atoms. The van der Waals surface area contributed by atoms with Crippen LogP contribution in [0.4, 0.5) is 54.0 Å². The van der Waals surface area contributed by atoms with Crippen molar-refractivity contribution in [2.24, 2.45) is 0 Å². The van der Waals surface area contributed by atoms with E-state index < -0.39 is 59.9 Å². The lowest BCUT2D eigenvalue weighted by molar-refractivity contribution is -0.342. The molecule has 0 aliphatic rings. The fourth-order valence-electron chi connectivity index (χ4n) is 2.35. The number of nitrogens with one attached hydrogen (secondary N) is 1. The van der Waals surface area contributed by atoms with Crippen molar-refractivity contribution in [2.45, 2.75) is 30.4 Å². The van der Waals surface area contributed by atoms with Crippen molar-refractivity contribution in [3.05, 3.63) is 59.7 Å². The van der Waals surface area contributed by atoms with E-state index in [-0.39, 0.29) is 11.6 Å². The minimum absolute atomic E-state index is 0.0418. The van der Waals surface area contributed by atoms with Crippen LogP contribution in [0, 0.1) is 0 Å². The van der Waals surface area contributed by atoms with Crippen molar-refractivity contribution in [3.63, 3.8) is 0 Å². The summed E-state index contributed by atoms with van der Waals surface area (Å²) in [5.41, 5.74) is -2.28. The van der Waals surface area contributed by atoms with Crippen molar-refractivity contribution in [1.82, 2.24) is 0 Å². The molecule has 3 nitrogen and oxygen atoms in total. The summed E-state index contributed by atoms with van der Waals surface area (Å²) in [7, 11) is 0. The van der Waals surface area contributed by atoms with Crippen LogP contribution in [0.2, 0.25) is 0 Å². The first-order valence-electron chi connectivity index (χ1n) is 8.63. The Kier molecular flexibility index (Phi) is 7.19. The first kappa shape index (κ1) is 26.2. The second kappa shape index (κ2) is 9.06. The van der Waals surface area contributed by atoms with Gasteiger partial charge < -0.3 is 10.1 Å². The Morgan fingerprint density at radius 1 is 0.879 bits per heavy atom. The van der Waals surface area contributed by atoms with Gasteiger partial charge in [-0.05, 0) is 30.3 Å². The van der Waals surface area contributed by atoms with Gasteiger partial charge in [0.25, 0.3) is 5.91 Å². The van der Waals surface area contributed by atoms with Crippen LogP contribution in [-0.2, 0) is 6.18 Å². The number of anilines is 1. The van der Waals surface area contributed by atoms with E-state index in [9.17, 15) is 53.1 Å². The number of hydrogen-bond donors (Lipinski definition) is 1. The number of halogens is 11. The molecule has 0 aliphatic heterocycles. The predicted octanol–water partition coefficient (Wildman–Crippen LogP) is 6.51. The number of carbonyl (C=O) groups excluding carboxylic acids is 1. The third kappa shape index (κ3) is 5.47. The third-order valence-corrected chi connectivity index (χ3v) is 4.15. The Hall–Kier alpha value is -3.06. The number of hydrogen-bond acceptors (Lipinski definition) is 2. The van der Waals surface area contributed by atoms with E-state index in [4.69, 9.17) is 0 Å². The molecule has 0 atom stereocenters. The average Bonchev–Trinajstić information content (AvgIpc) is 2.72. The van der Waals surface area contributed by atoms with Gasteiger partial charge in [0.1, 0.15) is 5.75 Å². The van der Waals surface area contributed by atoms with Gasteiger partial charge in [0.2, 0.25) is 0 Å². The SMILES string of the molecule is O=C(Nc1ccc(C(F)(F)F)cc1OCC(F)(F)C(F)(F)C(F)(F)C(F)F)c1ccccc1. The molecule has 182 valence electrons. The average molecular weight is 495 g/mol. The molecule has 0 aromatic heterocycles. The van der Waals surface area contributed by atoms with Gasteiger partial charge in [-0.1, -0.05) is 18.2 Å². The molecule has 0 unspecified atom stereocenters. The van der Waals surface area contributed by atoms with Gasteiger partial charge in [-0.25, -0.2) is 8.78 Å². The second-order valence-corrected chi connectivity index (χ2v) is 6.52. The Balaban J connectivity index is 2.37. The van der Waals surface area contributed by atoms with E-state index >= 15 is 0 Å². The molecule has 0 saturated carbocycles. The Labute approximate surface area is 178 Å². The summed E-state index contributed by atoms with van der Waals surface area (Å²) >= 11 is 0. The lowest BCUT2D eigenvalue weighted by Crippen LogP contribution is -2.59. The summed E-state index contributed by atoms with van der Waals surface area (Å²) in [6, 6.07) is 7.84. The molecule has 0 saturated heterocycles. The highest BCUT2D eigenvalue weighted by atomic mass is 19.4. The zero-order chi connectivity index (χ0) is 25.2. The molecule has 0 bridgehead atoms. The van der Waals surface area contributed by atoms with Gasteiger partial charge in [-0.2, -0.15) is 39.5 Å². The van der Waals surface area contributed by atoms with Gasteiger partial charge in [0.05, 0.1) is 11.3 Å². The highest BCUT2D eigenvalue weighted by molar-refractivity contribution is 6.05.